The number of H-pyrrole nitrogens is 1. The molecule has 8 rings (SSSR count). The zero-order chi connectivity index (χ0) is 26.1. The zero-order valence-electron chi connectivity index (χ0n) is 21.0. The van der Waals surface area contributed by atoms with Crippen LogP contribution in [0, 0.1) is 5.95 Å². The van der Waals surface area contributed by atoms with E-state index in [1.807, 2.05) is 28.8 Å². The van der Waals surface area contributed by atoms with E-state index in [1.54, 1.807) is 31.1 Å². The van der Waals surface area contributed by atoms with E-state index in [0.29, 0.717) is 54.6 Å². The number of imidazole rings is 1. The number of nitrogens with zero attached hydrogens (tertiary/aromatic N) is 5. The predicted octanol–water partition coefficient (Wildman–Crippen LogP) is 3.80. The molecule has 0 unspecified atom stereocenters. The number of alkyl carbamates (subject to hydrolysis) is 1. The minimum absolute atomic E-state index is 0.161. The van der Waals surface area contributed by atoms with Gasteiger partial charge in [0.25, 0.3) is 0 Å². The predicted molar refractivity (Wildman–Crippen MR) is 139 cm³/mol. The Bertz CT molecular complexity index is 1790. The monoisotopic (exact) mass is 515 g/mol. The van der Waals surface area contributed by atoms with Gasteiger partial charge in [-0.25, -0.2) is 14.6 Å². The number of rotatable bonds is 1. The summed E-state index contributed by atoms with van der Waals surface area (Å²) in [5.41, 5.74) is 5.35. The molecule has 5 aromatic rings. The molecule has 4 bridgehead atoms. The number of ether oxygens (including phenoxy) is 1. The third-order valence-corrected chi connectivity index (χ3v) is 7.85. The number of fused-ring (bicyclic) bond motifs is 6. The van der Waals surface area contributed by atoms with Gasteiger partial charge in [-0.3, -0.25) is 13.8 Å². The lowest BCUT2D eigenvalue weighted by Crippen LogP contribution is -2.30. The van der Waals surface area contributed by atoms with Crippen LogP contribution in [-0.2, 0) is 25.3 Å². The van der Waals surface area contributed by atoms with Gasteiger partial charge in [0.05, 0.1) is 33.9 Å². The Hall–Kier alpha value is -4.41. The molecule has 11 heteroatoms. The van der Waals surface area contributed by atoms with Crippen molar-refractivity contribution in [3.63, 3.8) is 0 Å². The second-order valence-electron chi connectivity index (χ2n) is 10.2. The number of halogens is 1. The first-order valence-corrected chi connectivity index (χ1v) is 12.7. The van der Waals surface area contributed by atoms with E-state index < -0.39 is 12.0 Å². The summed E-state index contributed by atoms with van der Waals surface area (Å²) in [7, 11) is 3.41. The second-order valence-corrected chi connectivity index (χ2v) is 10.2. The van der Waals surface area contributed by atoms with E-state index in [4.69, 9.17) is 4.74 Å². The summed E-state index contributed by atoms with van der Waals surface area (Å²) in [6.07, 6.45) is 5.14. The lowest BCUT2D eigenvalue weighted by molar-refractivity contribution is 0.0991. The van der Waals surface area contributed by atoms with Crippen LogP contribution in [0.1, 0.15) is 30.9 Å². The fraction of sp³-hybridized carbons (Fsp3) is 0.333. The van der Waals surface area contributed by atoms with Crippen molar-refractivity contribution in [3.05, 3.63) is 58.7 Å². The van der Waals surface area contributed by atoms with Crippen LogP contribution in [0.3, 0.4) is 0 Å². The lowest BCUT2D eigenvalue weighted by Gasteiger charge is -2.16. The Morgan fingerprint density at radius 1 is 1.13 bits per heavy atom. The molecule has 1 amide bonds. The molecule has 0 saturated heterocycles. The summed E-state index contributed by atoms with van der Waals surface area (Å²) in [4.78, 5) is 34.0. The van der Waals surface area contributed by atoms with Gasteiger partial charge in [-0.2, -0.15) is 4.39 Å². The molecule has 2 aliphatic heterocycles. The number of carbonyl (C=O) groups excluding carboxylic acids is 1. The summed E-state index contributed by atoms with van der Waals surface area (Å²) in [5.74, 6) is -0.590. The fourth-order valence-corrected chi connectivity index (χ4v) is 6.04. The van der Waals surface area contributed by atoms with Gasteiger partial charge < -0.3 is 15.0 Å². The molecule has 10 nitrogen and oxygen atoms in total. The van der Waals surface area contributed by atoms with Crippen LogP contribution in [0.25, 0.3) is 44.5 Å². The van der Waals surface area contributed by atoms with Gasteiger partial charge in [-0.05, 0) is 30.4 Å². The van der Waals surface area contributed by atoms with Gasteiger partial charge in [0.15, 0.2) is 0 Å². The van der Waals surface area contributed by atoms with Gasteiger partial charge in [0.1, 0.15) is 11.8 Å². The molecule has 0 radical (unpaired) electrons. The average Bonchev–Trinajstić information content (AvgIpc) is 3.64. The van der Waals surface area contributed by atoms with Crippen molar-refractivity contribution in [1.29, 1.82) is 0 Å². The van der Waals surface area contributed by atoms with Crippen LogP contribution in [0.2, 0.25) is 0 Å². The summed E-state index contributed by atoms with van der Waals surface area (Å²) in [6, 6.07) is 7.79. The van der Waals surface area contributed by atoms with E-state index in [9.17, 15) is 9.59 Å². The molecule has 38 heavy (non-hydrogen) atoms. The Morgan fingerprint density at radius 2 is 1.95 bits per heavy atom. The number of aromatic amines is 1. The minimum atomic E-state index is -0.590. The van der Waals surface area contributed by atoms with Crippen molar-refractivity contribution in [2.75, 3.05) is 6.54 Å². The van der Waals surface area contributed by atoms with Gasteiger partial charge in [0.2, 0.25) is 5.95 Å². The number of pyridine rings is 1. The van der Waals surface area contributed by atoms with E-state index in [2.05, 4.69) is 20.4 Å². The van der Waals surface area contributed by atoms with Crippen LogP contribution in [-0.4, -0.2) is 47.6 Å². The topological polar surface area (TPSA) is 112 Å². The van der Waals surface area contributed by atoms with Gasteiger partial charge >= 0.3 is 11.8 Å². The second kappa shape index (κ2) is 8.30. The van der Waals surface area contributed by atoms with Crippen molar-refractivity contribution in [1.82, 2.24) is 34.2 Å². The molecule has 1 saturated carbocycles. The summed E-state index contributed by atoms with van der Waals surface area (Å²) >= 11 is 0. The van der Waals surface area contributed by atoms with Crippen molar-refractivity contribution in [2.45, 2.75) is 37.8 Å². The van der Waals surface area contributed by atoms with Gasteiger partial charge in [-0.15, -0.1) is 5.10 Å². The molecular weight excluding hydrogens is 489 g/mol. The number of nitrogens with one attached hydrogen (secondary N) is 2. The maximum Gasteiger partial charge on any atom is 0.407 e. The van der Waals surface area contributed by atoms with E-state index in [-0.39, 0.29) is 17.8 Å². The SMILES string of the molecule is Cn1cc(-c2[nH]c3ncc4c5c3c2-c2ccc(cc2)CCNC(=O)O[C@@H]2CC[C@@H](C2)n5c(=O)n4C)c(F)n1. The highest BCUT2D eigenvalue weighted by atomic mass is 19.1. The first kappa shape index (κ1) is 22.8. The highest BCUT2D eigenvalue weighted by Gasteiger charge is 2.33. The van der Waals surface area contributed by atoms with E-state index in [1.165, 1.54) is 4.68 Å². The number of amides is 1. The molecule has 0 spiro atoms. The van der Waals surface area contributed by atoms with Crippen LogP contribution < -0.4 is 11.0 Å². The highest BCUT2D eigenvalue weighted by Crippen LogP contribution is 2.43. The summed E-state index contributed by atoms with van der Waals surface area (Å²) in [5, 5.41) is 7.51. The number of hydrogen-bond acceptors (Lipinski definition) is 5. The quantitative estimate of drug-likeness (QED) is 0.353. The zero-order valence-corrected chi connectivity index (χ0v) is 21.0. The van der Waals surface area contributed by atoms with Crippen LogP contribution in [0.15, 0.2) is 41.5 Å². The molecule has 1 aliphatic carbocycles. The van der Waals surface area contributed by atoms with Crippen molar-refractivity contribution >= 4 is 28.2 Å². The maximum atomic E-state index is 15.0. The Morgan fingerprint density at radius 3 is 2.71 bits per heavy atom. The molecule has 4 aromatic heterocycles. The highest BCUT2D eigenvalue weighted by molar-refractivity contribution is 6.14. The third kappa shape index (κ3) is 3.37. The first-order chi connectivity index (χ1) is 18.4. The lowest BCUT2D eigenvalue weighted by atomic mass is 9.97. The van der Waals surface area contributed by atoms with Crippen molar-refractivity contribution in [2.24, 2.45) is 14.1 Å². The minimum Gasteiger partial charge on any atom is -0.446 e. The van der Waals surface area contributed by atoms with E-state index in [0.717, 1.165) is 27.6 Å². The molecule has 3 aliphatic rings. The molecule has 2 N–H and O–H groups in total. The standard InChI is InChI=1S/C27H26FN7O3/c1-33-13-18(24(28)32-33)22-20-15-5-3-14(4-6-15)9-10-29-26(36)38-17-8-7-16(11-17)35-23-19(34(2)27(35)37)12-30-25(31-22)21(20)23/h3-6,12-13,16-17H,7-11H2,1-2H3,(H,29,36)(H,30,31)/t16-,17+/m0/s1. The smallest absolute Gasteiger partial charge is 0.407 e. The third-order valence-electron chi connectivity index (χ3n) is 7.85. The number of benzene rings is 1. The molecule has 1 fully saturated rings. The van der Waals surface area contributed by atoms with Crippen LogP contribution in [0.4, 0.5) is 9.18 Å². The van der Waals surface area contributed by atoms with Crippen LogP contribution in [0.5, 0.6) is 0 Å². The van der Waals surface area contributed by atoms with Crippen molar-refractivity contribution in [3.8, 4) is 22.4 Å². The summed E-state index contributed by atoms with van der Waals surface area (Å²) < 4.78 is 25.6. The number of hydrogen-bond donors (Lipinski definition) is 2. The average molecular weight is 516 g/mol. The Kier molecular flexibility index (Phi) is 4.97. The van der Waals surface area contributed by atoms with Crippen molar-refractivity contribution < 1.29 is 13.9 Å². The largest absolute Gasteiger partial charge is 0.446 e. The fourth-order valence-electron chi connectivity index (χ4n) is 6.04. The van der Waals surface area contributed by atoms with Gasteiger partial charge in [0, 0.05) is 44.9 Å². The number of carbonyl (C=O) groups is 1. The van der Waals surface area contributed by atoms with E-state index >= 15 is 4.39 Å². The molecule has 194 valence electrons. The Balaban J connectivity index is 1.58. The normalized spacial score (nSPS) is 19.5. The van der Waals surface area contributed by atoms with Gasteiger partial charge in [-0.1, -0.05) is 24.3 Å². The first-order valence-electron chi connectivity index (χ1n) is 12.7. The number of aryl methyl sites for hydroxylation is 2. The molecular formula is C27H26FN7O3. The maximum absolute atomic E-state index is 15.0. The molecule has 1 aromatic carbocycles. The molecule has 2 atom stereocenters. The molecule has 6 heterocycles. The number of aromatic nitrogens is 6. The Labute approximate surface area is 216 Å². The summed E-state index contributed by atoms with van der Waals surface area (Å²) in [6.45, 7) is 0.445. The van der Waals surface area contributed by atoms with Crippen LogP contribution >= 0.6 is 0 Å².